The van der Waals surface area contributed by atoms with E-state index in [1.807, 2.05) is 0 Å². The minimum absolute atomic E-state index is 0.0799. The van der Waals surface area contributed by atoms with Gasteiger partial charge in [-0.25, -0.2) is 14.2 Å². The summed E-state index contributed by atoms with van der Waals surface area (Å²) in [5.74, 6) is -1.26. The van der Waals surface area contributed by atoms with Crippen molar-refractivity contribution in [3.05, 3.63) is 107 Å². The zero-order chi connectivity index (χ0) is 23.7. The molecule has 0 amide bonds. The Bertz CT molecular complexity index is 1490. The lowest BCUT2D eigenvalue weighted by molar-refractivity contribution is -0.384. The number of hydrogen-bond donors (Lipinski definition) is 0. The second kappa shape index (κ2) is 8.91. The van der Waals surface area contributed by atoms with Crippen LogP contribution in [0.4, 0.5) is 10.1 Å². The molecule has 10 heteroatoms. The molecule has 0 unspecified atom stereocenters. The standard InChI is InChI=1S/C23H18FN3O5S/c1-3-32-22(29)19-13(2)25-23-26(20(19)16-9-4-5-10-17(16)24)21(28)18(33-23)12-14-7-6-8-15(11-14)27(30)31/h4-12,20H,3H2,1-2H3/t20-/m0/s1. The molecule has 0 bridgehead atoms. The SMILES string of the molecule is CCOC(=O)C1=C(C)N=c2sc(=Cc3cccc([N+](=O)[O-])c3)c(=O)n2[C@H]1c1ccccc1F. The third-order valence-electron chi connectivity index (χ3n) is 5.10. The molecule has 1 atom stereocenters. The van der Waals surface area contributed by atoms with Crippen LogP contribution in [0.15, 0.2) is 69.6 Å². The van der Waals surface area contributed by atoms with Gasteiger partial charge in [-0.2, -0.15) is 0 Å². The summed E-state index contributed by atoms with van der Waals surface area (Å²) in [5, 5.41) is 11.1. The Hall–Kier alpha value is -3.92. The second-order valence-electron chi connectivity index (χ2n) is 7.18. The molecule has 168 valence electrons. The van der Waals surface area contributed by atoms with Gasteiger partial charge >= 0.3 is 5.97 Å². The molecule has 0 N–H and O–H groups in total. The molecular weight excluding hydrogens is 449 g/mol. The van der Waals surface area contributed by atoms with Crippen LogP contribution in [0.3, 0.4) is 0 Å². The first kappa shape index (κ1) is 22.3. The highest BCUT2D eigenvalue weighted by Gasteiger charge is 2.34. The number of halogens is 1. The molecule has 0 saturated carbocycles. The van der Waals surface area contributed by atoms with Gasteiger partial charge < -0.3 is 4.74 Å². The maximum Gasteiger partial charge on any atom is 0.338 e. The number of nitrogens with zero attached hydrogens (tertiary/aromatic N) is 3. The van der Waals surface area contributed by atoms with E-state index in [0.29, 0.717) is 11.3 Å². The minimum atomic E-state index is -1.06. The molecule has 2 heterocycles. The van der Waals surface area contributed by atoms with Crippen molar-refractivity contribution >= 4 is 29.1 Å². The van der Waals surface area contributed by atoms with Crippen molar-refractivity contribution < 1.29 is 18.8 Å². The van der Waals surface area contributed by atoms with E-state index in [4.69, 9.17) is 4.74 Å². The van der Waals surface area contributed by atoms with Crippen molar-refractivity contribution in [1.29, 1.82) is 0 Å². The van der Waals surface area contributed by atoms with Crippen molar-refractivity contribution in [3.63, 3.8) is 0 Å². The number of ether oxygens (including phenoxy) is 1. The average Bonchev–Trinajstić information content (AvgIpc) is 3.08. The molecule has 1 aliphatic rings. The van der Waals surface area contributed by atoms with Crippen LogP contribution in [0.1, 0.15) is 31.0 Å². The first-order valence-corrected chi connectivity index (χ1v) is 10.8. The Labute approximate surface area is 190 Å². The number of thiazole rings is 1. The van der Waals surface area contributed by atoms with Crippen molar-refractivity contribution in [3.8, 4) is 0 Å². The predicted molar refractivity (Wildman–Crippen MR) is 120 cm³/mol. The van der Waals surface area contributed by atoms with E-state index in [-0.39, 0.29) is 32.8 Å². The fourth-order valence-electron chi connectivity index (χ4n) is 3.66. The van der Waals surface area contributed by atoms with Crippen LogP contribution in [0.2, 0.25) is 0 Å². The molecule has 8 nitrogen and oxygen atoms in total. The summed E-state index contributed by atoms with van der Waals surface area (Å²) in [6, 6.07) is 10.7. The van der Waals surface area contributed by atoms with E-state index >= 15 is 0 Å². The van der Waals surface area contributed by atoms with Gasteiger partial charge in [0.2, 0.25) is 0 Å². The molecule has 2 aromatic carbocycles. The first-order chi connectivity index (χ1) is 15.8. The van der Waals surface area contributed by atoms with Crippen LogP contribution < -0.4 is 14.9 Å². The molecule has 1 aromatic heterocycles. The number of carbonyl (C=O) groups is 1. The van der Waals surface area contributed by atoms with Crippen LogP contribution in [-0.4, -0.2) is 22.1 Å². The van der Waals surface area contributed by atoms with Gasteiger partial charge in [0.15, 0.2) is 4.80 Å². The highest BCUT2D eigenvalue weighted by Crippen LogP contribution is 2.32. The summed E-state index contributed by atoms with van der Waals surface area (Å²) < 4.78 is 21.5. The van der Waals surface area contributed by atoms with Gasteiger partial charge in [0.25, 0.3) is 11.2 Å². The molecule has 0 saturated heterocycles. The highest BCUT2D eigenvalue weighted by molar-refractivity contribution is 7.07. The number of aromatic nitrogens is 1. The lowest BCUT2D eigenvalue weighted by Crippen LogP contribution is -2.40. The normalized spacial score (nSPS) is 15.7. The van der Waals surface area contributed by atoms with Gasteiger partial charge in [0.1, 0.15) is 11.9 Å². The Morgan fingerprint density at radius 3 is 2.76 bits per heavy atom. The van der Waals surface area contributed by atoms with Crippen molar-refractivity contribution in [2.24, 2.45) is 4.99 Å². The maximum absolute atomic E-state index is 14.8. The Kier molecular flexibility index (Phi) is 6.01. The van der Waals surface area contributed by atoms with E-state index < -0.39 is 28.3 Å². The number of esters is 1. The molecule has 0 aliphatic carbocycles. The van der Waals surface area contributed by atoms with Gasteiger partial charge in [-0.3, -0.25) is 19.5 Å². The smallest absolute Gasteiger partial charge is 0.338 e. The van der Waals surface area contributed by atoms with Crippen LogP contribution in [0.25, 0.3) is 6.08 Å². The fraction of sp³-hybridized carbons (Fsp3) is 0.174. The highest BCUT2D eigenvalue weighted by atomic mass is 32.1. The number of hydrogen-bond acceptors (Lipinski definition) is 7. The fourth-order valence-corrected chi connectivity index (χ4v) is 4.71. The van der Waals surface area contributed by atoms with Crippen LogP contribution >= 0.6 is 11.3 Å². The number of non-ortho nitro benzene ring substituents is 1. The van der Waals surface area contributed by atoms with Gasteiger partial charge in [-0.15, -0.1) is 0 Å². The Morgan fingerprint density at radius 1 is 1.30 bits per heavy atom. The van der Waals surface area contributed by atoms with Crippen molar-refractivity contribution in [2.75, 3.05) is 6.61 Å². The molecule has 1 aliphatic heterocycles. The molecular formula is C23H18FN3O5S. The Morgan fingerprint density at radius 2 is 2.06 bits per heavy atom. The van der Waals surface area contributed by atoms with Gasteiger partial charge in [-0.1, -0.05) is 41.7 Å². The summed E-state index contributed by atoms with van der Waals surface area (Å²) in [5.41, 5.74) is 0.395. The second-order valence-corrected chi connectivity index (χ2v) is 8.18. The maximum atomic E-state index is 14.8. The number of nitro groups is 1. The summed E-state index contributed by atoms with van der Waals surface area (Å²) in [4.78, 5) is 41.5. The van der Waals surface area contributed by atoms with Crippen molar-refractivity contribution in [2.45, 2.75) is 19.9 Å². The number of rotatable bonds is 5. The number of carbonyl (C=O) groups excluding carboxylic acids is 1. The third-order valence-corrected chi connectivity index (χ3v) is 6.08. The molecule has 0 fully saturated rings. The van der Waals surface area contributed by atoms with E-state index in [1.54, 1.807) is 26.0 Å². The van der Waals surface area contributed by atoms with Crippen LogP contribution in [-0.2, 0) is 9.53 Å². The number of allylic oxidation sites excluding steroid dienone is 1. The molecule has 0 radical (unpaired) electrons. The van der Waals surface area contributed by atoms with Crippen molar-refractivity contribution in [1.82, 2.24) is 4.57 Å². The van der Waals surface area contributed by atoms with Gasteiger partial charge in [0.05, 0.1) is 27.3 Å². The molecule has 4 rings (SSSR count). The monoisotopic (exact) mass is 467 g/mol. The third kappa shape index (κ3) is 4.12. The van der Waals surface area contributed by atoms with Gasteiger partial charge in [-0.05, 0) is 31.6 Å². The summed E-state index contributed by atoms with van der Waals surface area (Å²) in [7, 11) is 0. The predicted octanol–water partition coefficient (Wildman–Crippen LogP) is 2.85. The summed E-state index contributed by atoms with van der Waals surface area (Å²) >= 11 is 1.06. The summed E-state index contributed by atoms with van der Waals surface area (Å²) in [6.45, 7) is 3.37. The Balaban J connectivity index is 1.96. The summed E-state index contributed by atoms with van der Waals surface area (Å²) in [6.07, 6.45) is 1.51. The number of benzene rings is 2. The lowest BCUT2D eigenvalue weighted by Gasteiger charge is -2.24. The number of fused-ring (bicyclic) bond motifs is 1. The average molecular weight is 467 g/mol. The van der Waals surface area contributed by atoms with Crippen LogP contribution in [0.5, 0.6) is 0 Å². The molecule has 33 heavy (non-hydrogen) atoms. The van der Waals surface area contributed by atoms with Crippen LogP contribution in [0, 0.1) is 15.9 Å². The molecule has 3 aromatic rings. The minimum Gasteiger partial charge on any atom is -0.463 e. The zero-order valence-electron chi connectivity index (χ0n) is 17.6. The number of nitro benzene ring substituents is 1. The zero-order valence-corrected chi connectivity index (χ0v) is 18.5. The lowest BCUT2D eigenvalue weighted by atomic mass is 9.95. The van der Waals surface area contributed by atoms with E-state index in [2.05, 4.69) is 4.99 Å². The quantitative estimate of drug-likeness (QED) is 0.326. The van der Waals surface area contributed by atoms with E-state index in [1.165, 1.54) is 47.0 Å². The van der Waals surface area contributed by atoms with E-state index in [9.17, 15) is 24.1 Å². The topological polar surface area (TPSA) is 104 Å². The largest absolute Gasteiger partial charge is 0.463 e. The first-order valence-electron chi connectivity index (χ1n) is 10.0. The van der Waals surface area contributed by atoms with E-state index in [0.717, 1.165) is 11.3 Å². The van der Waals surface area contributed by atoms with Gasteiger partial charge in [0, 0.05) is 17.7 Å². The molecule has 0 spiro atoms.